The summed E-state index contributed by atoms with van der Waals surface area (Å²) in [5.74, 6) is 0.925. The van der Waals surface area contributed by atoms with E-state index < -0.39 is 0 Å². The molecule has 22 heavy (non-hydrogen) atoms. The molecule has 1 nitrogen and oxygen atoms in total. The normalized spacial score (nSPS) is 12.0. The lowest BCUT2D eigenvalue weighted by molar-refractivity contribution is -0.114. The lowest BCUT2D eigenvalue weighted by Gasteiger charge is -2.19. The molecule has 0 fully saturated rings. The van der Waals surface area contributed by atoms with E-state index in [0.29, 0.717) is 12.3 Å². The third kappa shape index (κ3) is 5.79. The van der Waals surface area contributed by atoms with Crippen molar-refractivity contribution in [2.75, 3.05) is 0 Å². The van der Waals surface area contributed by atoms with Crippen LogP contribution in [0.25, 0.3) is 5.57 Å². The molecule has 1 heteroatoms. The molecular weight excluding hydrogens is 268 g/mol. The highest BCUT2D eigenvalue weighted by Crippen LogP contribution is 2.30. The first kappa shape index (κ1) is 18.7. The Morgan fingerprint density at radius 2 is 1.73 bits per heavy atom. The molecule has 0 radical (unpaired) electrons. The van der Waals surface area contributed by atoms with Crippen LogP contribution in [0.1, 0.15) is 76.0 Å². The van der Waals surface area contributed by atoms with E-state index in [9.17, 15) is 4.79 Å². The smallest absolute Gasteiger partial charge is 0.155 e. The van der Waals surface area contributed by atoms with Crippen molar-refractivity contribution < 1.29 is 4.79 Å². The molecule has 0 saturated heterocycles. The van der Waals surface area contributed by atoms with Gasteiger partial charge in [-0.3, -0.25) is 4.79 Å². The minimum absolute atomic E-state index is 0.239. The summed E-state index contributed by atoms with van der Waals surface area (Å²) in [6.45, 7) is 10.7. The molecule has 0 aromatic heterocycles. The number of rotatable bonds is 9. The Morgan fingerprint density at radius 3 is 2.27 bits per heavy atom. The van der Waals surface area contributed by atoms with Gasteiger partial charge in [-0.2, -0.15) is 0 Å². The molecule has 0 aliphatic carbocycles. The first-order chi connectivity index (χ1) is 10.5. The second-order valence-corrected chi connectivity index (χ2v) is 6.46. The number of carbonyl (C=O) groups excluding carboxylic acids is 1. The zero-order chi connectivity index (χ0) is 16.5. The van der Waals surface area contributed by atoms with Gasteiger partial charge in [-0.1, -0.05) is 70.2 Å². The summed E-state index contributed by atoms with van der Waals surface area (Å²) in [5, 5.41) is 0. The fraction of sp³-hybridized carbons (Fsp3) is 0.571. The maximum Gasteiger partial charge on any atom is 0.155 e. The van der Waals surface area contributed by atoms with Gasteiger partial charge in [-0.25, -0.2) is 0 Å². The Bertz CT molecular complexity index is 505. The predicted octanol–water partition coefficient (Wildman–Crippen LogP) is 6.27. The molecule has 1 aromatic rings. The Balaban J connectivity index is 3.15. The van der Waals surface area contributed by atoms with Gasteiger partial charge in [0.2, 0.25) is 0 Å². The maximum absolute atomic E-state index is 12.0. The van der Waals surface area contributed by atoms with Crippen LogP contribution in [-0.2, 0) is 4.79 Å². The maximum atomic E-state index is 12.0. The average molecular weight is 300 g/mol. The third-order valence-corrected chi connectivity index (χ3v) is 4.33. The van der Waals surface area contributed by atoms with Gasteiger partial charge >= 0.3 is 0 Å². The second kappa shape index (κ2) is 9.61. The predicted molar refractivity (Wildman–Crippen MR) is 97.1 cm³/mol. The van der Waals surface area contributed by atoms with E-state index >= 15 is 0 Å². The second-order valence-electron chi connectivity index (χ2n) is 6.46. The standard InChI is InChI=1S/C21H32O/c1-6-9-18(10-7-2)14-19(15-20(22)8-3)21-13-16(4)11-12-17(21)5/h11-13,15,18H,6-10,14H2,1-5H3/b19-15-. The van der Waals surface area contributed by atoms with Gasteiger partial charge < -0.3 is 0 Å². The third-order valence-electron chi connectivity index (χ3n) is 4.33. The van der Waals surface area contributed by atoms with Gasteiger partial charge in [0.1, 0.15) is 0 Å². The molecule has 0 atom stereocenters. The van der Waals surface area contributed by atoms with E-state index in [0.717, 1.165) is 6.42 Å². The highest BCUT2D eigenvalue weighted by atomic mass is 16.1. The highest BCUT2D eigenvalue weighted by Gasteiger charge is 2.14. The molecule has 0 bridgehead atoms. The Kier molecular flexibility index (Phi) is 8.16. The molecule has 0 saturated carbocycles. The van der Waals surface area contributed by atoms with E-state index in [1.165, 1.54) is 47.9 Å². The number of ketones is 1. The number of carbonyl (C=O) groups is 1. The summed E-state index contributed by atoms with van der Waals surface area (Å²) in [7, 11) is 0. The van der Waals surface area contributed by atoms with Crippen LogP contribution in [0.15, 0.2) is 24.3 Å². The van der Waals surface area contributed by atoms with Crippen molar-refractivity contribution in [1.29, 1.82) is 0 Å². The van der Waals surface area contributed by atoms with Gasteiger partial charge in [-0.05, 0) is 49.0 Å². The van der Waals surface area contributed by atoms with Crippen LogP contribution in [0, 0.1) is 19.8 Å². The Labute approximate surface area is 136 Å². The summed E-state index contributed by atoms with van der Waals surface area (Å²) in [5.41, 5.74) is 5.03. The van der Waals surface area contributed by atoms with Gasteiger partial charge in [0.25, 0.3) is 0 Å². The molecular formula is C21H32O. The fourth-order valence-corrected chi connectivity index (χ4v) is 3.10. The van der Waals surface area contributed by atoms with Crippen molar-refractivity contribution in [3.8, 4) is 0 Å². The monoisotopic (exact) mass is 300 g/mol. The summed E-state index contributed by atoms with van der Waals surface area (Å²) in [4.78, 5) is 12.0. The van der Waals surface area contributed by atoms with Crippen LogP contribution in [-0.4, -0.2) is 5.78 Å². The quantitative estimate of drug-likeness (QED) is 0.491. The number of hydrogen-bond donors (Lipinski definition) is 0. The van der Waals surface area contributed by atoms with Gasteiger partial charge in [-0.15, -0.1) is 0 Å². The molecule has 0 unspecified atom stereocenters. The Hall–Kier alpha value is -1.37. The summed E-state index contributed by atoms with van der Waals surface area (Å²) in [6.07, 6.45) is 8.43. The minimum Gasteiger partial charge on any atom is -0.295 e. The van der Waals surface area contributed by atoms with E-state index in [2.05, 4.69) is 45.9 Å². The number of benzene rings is 1. The highest BCUT2D eigenvalue weighted by molar-refractivity contribution is 5.97. The lowest BCUT2D eigenvalue weighted by atomic mass is 9.86. The van der Waals surface area contributed by atoms with Crippen LogP contribution >= 0.6 is 0 Å². The molecule has 122 valence electrons. The average Bonchev–Trinajstić information content (AvgIpc) is 2.49. The molecule has 0 aliphatic rings. The fourth-order valence-electron chi connectivity index (χ4n) is 3.10. The summed E-state index contributed by atoms with van der Waals surface area (Å²) < 4.78 is 0. The number of allylic oxidation sites excluding steroid dienone is 2. The molecule has 0 spiro atoms. The topological polar surface area (TPSA) is 17.1 Å². The molecule has 0 amide bonds. The van der Waals surface area contributed by atoms with E-state index in [1.54, 1.807) is 0 Å². The SMILES string of the molecule is CCCC(CCC)C/C(=C/C(=O)CC)c1cc(C)ccc1C. The largest absolute Gasteiger partial charge is 0.295 e. The van der Waals surface area contributed by atoms with Gasteiger partial charge in [0, 0.05) is 6.42 Å². The van der Waals surface area contributed by atoms with Crippen molar-refractivity contribution in [1.82, 2.24) is 0 Å². The number of aryl methyl sites for hydroxylation is 2. The lowest BCUT2D eigenvalue weighted by Crippen LogP contribution is -2.04. The zero-order valence-electron chi connectivity index (χ0n) is 15.0. The van der Waals surface area contributed by atoms with Crippen molar-refractivity contribution in [2.45, 2.75) is 73.1 Å². The van der Waals surface area contributed by atoms with Crippen LogP contribution in [0.2, 0.25) is 0 Å². The van der Waals surface area contributed by atoms with Crippen molar-refractivity contribution in [2.24, 2.45) is 5.92 Å². The van der Waals surface area contributed by atoms with Gasteiger partial charge in [0.15, 0.2) is 5.78 Å². The molecule has 0 heterocycles. The Morgan fingerprint density at radius 1 is 1.09 bits per heavy atom. The van der Waals surface area contributed by atoms with Crippen LogP contribution in [0.4, 0.5) is 0 Å². The minimum atomic E-state index is 0.239. The van der Waals surface area contributed by atoms with Crippen LogP contribution < -0.4 is 0 Å². The zero-order valence-corrected chi connectivity index (χ0v) is 15.0. The number of hydrogen-bond acceptors (Lipinski definition) is 1. The van der Waals surface area contributed by atoms with Crippen molar-refractivity contribution in [3.05, 3.63) is 41.0 Å². The van der Waals surface area contributed by atoms with E-state index in [-0.39, 0.29) is 5.78 Å². The summed E-state index contributed by atoms with van der Waals surface area (Å²) >= 11 is 0. The molecule has 1 aromatic carbocycles. The van der Waals surface area contributed by atoms with E-state index in [4.69, 9.17) is 0 Å². The summed E-state index contributed by atoms with van der Waals surface area (Å²) in [6, 6.07) is 6.55. The van der Waals surface area contributed by atoms with Gasteiger partial charge in [0.05, 0.1) is 0 Å². The van der Waals surface area contributed by atoms with E-state index in [1.807, 2.05) is 13.0 Å². The van der Waals surface area contributed by atoms with Crippen molar-refractivity contribution in [3.63, 3.8) is 0 Å². The first-order valence-electron chi connectivity index (χ1n) is 8.82. The van der Waals surface area contributed by atoms with Crippen molar-refractivity contribution >= 4 is 11.4 Å². The molecule has 0 aliphatic heterocycles. The van der Waals surface area contributed by atoms with Crippen LogP contribution in [0.5, 0.6) is 0 Å². The molecule has 1 rings (SSSR count). The van der Waals surface area contributed by atoms with Crippen LogP contribution in [0.3, 0.4) is 0 Å². The first-order valence-corrected chi connectivity index (χ1v) is 8.82. The molecule has 0 N–H and O–H groups in total.